The highest BCUT2D eigenvalue weighted by molar-refractivity contribution is 14.1. The Morgan fingerprint density at radius 1 is 1.04 bits per heavy atom. The summed E-state index contributed by atoms with van der Waals surface area (Å²) in [6, 6.07) is 17.6. The minimum Gasteiger partial charge on any atom is -0.462 e. The topological polar surface area (TPSA) is 80.9 Å². The first-order valence-electron chi connectivity index (χ1n) is 8.53. The zero-order valence-corrected chi connectivity index (χ0v) is 17.2. The SMILES string of the molecule is CCOC(=O)c1ccc(-c2ccc(/C=N/NC(=O)c3ccc(I)cc3)o2)cc1. The quantitative estimate of drug-likeness (QED) is 0.240. The molecule has 3 rings (SSSR count). The van der Waals surface area contributed by atoms with Gasteiger partial charge in [0.25, 0.3) is 5.91 Å². The number of nitrogens with zero attached hydrogens (tertiary/aromatic N) is 1. The number of hydrogen-bond donors (Lipinski definition) is 1. The smallest absolute Gasteiger partial charge is 0.338 e. The summed E-state index contributed by atoms with van der Waals surface area (Å²) in [6.07, 6.45) is 1.43. The van der Waals surface area contributed by atoms with E-state index >= 15 is 0 Å². The molecular weight excluding hydrogens is 471 g/mol. The summed E-state index contributed by atoms with van der Waals surface area (Å²) in [5.41, 5.74) is 4.29. The van der Waals surface area contributed by atoms with Crippen molar-refractivity contribution in [1.29, 1.82) is 0 Å². The largest absolute Gasteiger partial charge is 0.462 e. The molecule has 1 aromatic heterocycles. The van der Waals surface area contributed by atoms with Gasteiger partial charge in [-0.2, -0.15) is 5.10 Å². The second-order valence-electron chi connectivity index (χ2n) is 5.71. The number of hydrazone groups is 1. The first-order valence-corrected chi connectivity index (χ1v) is 9.61. The molecule has 142 valence electrons. The van der Waals surface area contributed by atoms with Gasteiger partial charge in [-0.1, -0.05) is 12.1 Å². The number of esters is 1. The molecule has 0 unspecified atom stereocenters. The molecule has 0 spiro atoms. The lowest BCUT2D eigenvalue weighted by atomic mass is 10.1. The monoisotopic (exact) mass is 488 g/mol. The van der Waals surface area contributed by atoms with Crippen LogP contribution in [0.4, 0.5) is 0 Å². The Balaban J connectivity index is 1.62. The lowest BCUT2D eigenvalue weighted by Crippen LogP contribution is -2.17. The van der Waals surface area contributed by atoms with E-state index in [1.807, 2.05) is 12.1 Å². The summed E-state index contributed by atoms with van der Waals surface area (Å²) in [5, 5.41) is 3.92. The third-order valence-corrected chi connectivity index (χ3v) is 4.49. The van der Waals surface area contributed by atoms with Gasteiger partial charge in [0.05, 0.1) is 18.4 Å². The van der Waals surface area contributed by atoms with Crippen LogP contribution in [-0.4, -0.2) is 24.7 Å². The molecule has 0 atom stereocenters. The zero-order chi connectivity index (χ0) is 19.9. The van der Waals surface area contributed by atoms with Gasteiger partial charge in [0.15, 0.2) is 0 Å². The van der Waals surface area contributed by atoms with E-state index in [-0.39, 0.29) is 11.9 Å². The van der Waals surface area contributed by atoms with Crippen LogP contribution in [0, 0.1) is 3.57 Å². The highest BCUT2D eigenvalue weighted by Crippen LogP contribution is 2.22. The maximum Gasteiger partial charge on any atom is 0.338 e. The molecular formula is C21H17IN2O4. The molecule has 0 saturated heterocycles. The number of ether oxygens (including phenoxy) is 1. The highest BCUT2D eigenvalue weighted by atomic mass is 127. The van der Waals surface area contributed by atoms with Crippen molar-refractivity contribution in [2.75, 3.05) is 6.61 Å². The lowest BCUT2D eigenvalue weighted by molar-refractivity contribution is 0.0526. The molecule has 0 radical (unpaired) electrons. The molecule has 28 heavy (non-hydrogen) atoms. The van der Waals surface area contributed by atoms with Gasteiger partial charge in [0.2, 0.25) is 0 Å². The van der Waals surface area contributed by atoms with Crippen LogP contribution in [0.15, 0.2) is 70.2 Å². The predicted molar refractivity (Wildman–Crippen MR) is 114 cm³/mol. The van der Waals surface area contributed by atoms with Crippen LogP contribution in [0.25, 0.3) is 11.3 Å². The van der Waals surface area contributed by atoms with E-state index in [4.69, 9.17) is 9.15 Å². The van der Waals surface area contributed by atoms with Gasteiger partial charge in [-0.15, -0.1) is 0 Å². The average Bonchev–Trinajstić information content (AvgIpc) is 3.17. The summed E-state index contributed by atoms with van der Waals surface area (Å²) < 4.78 is 11.7. The minimum atomic E-state index is -0.356. The van der Waals surface area contributed by atoms with Crippen LogP contribution in [0.1, 0.15) is 33.4 Å². The van der Waals surface area contributed by atoms with E-state index in [2.05, 4.69) is 33.1 Å². The summed E-state index contributed by atoms with van der Waals surface area (Å²) in [6.45, 7) is 2.10. The molecule has 6 nitrogen and oxygen atoms in total. The molecule has 0 aliphatic rings. The summed E-state index contributed by atoms with van der Waals surface area (Å²) >= 11 is 2.18. The summed E-state index contributed by atoms with van der Waals surface area (Å²) in [5.74, 6) is 0.465. The molecule has 7 heteroatoms. The normalized spacial score (nSPS) is 10.8. The van der Waals surface area contributed by atoms with E-state index in [1.54, 1.807) is 55.5 Å². The van der Waals surface area contributed by atoms with Crippen molar-refractivity contribution in [3.8, 4) is 11.3 Å². The first kappa shape index (κ1) is 19.8. The number of nitrogens with one attached hydrogen (secondary N) is 1. The Morgan fingerprint density at radius 3 is 2.39 bits per heavy atom. The van der Waals surface area contributed by atoms with Crippen molar-refractivity contribution in [2.24, 2.45) is 5.10 Å². The van der Waals surface area contributed by atoms with Crippen molar-refractivity contribution in [3.05, 3.63) is 81.1 Å². The Hall–Kier alpha value is -2.94. The van der Waals surface area contributed by atoms with Crippen molar-refractivity contribution in [3.63, 3.8) is 0 Å². The third kappa shape index (κ3) is 5.07. The average molecular weight is 488 g/mol. The second-order valence-corrected chi connectivity index (χ2v) is 6.95. The van der Waals surface area contributed by atoms with E-state index < -0.39 is 0 Å². The van der Waals surface area contributed by atoms with Gasteiger partial charge in [-0.25, -0.2) is 10.2 Å². The fourth-order valence-corrected chi connectivity index (χ4v) is 2.74. The molecule has 3 aromatic rings. The van der Waals surface area contributed by atoms with Crippen LogP contribution in [-0.2, 0) is 4.74 Å². The summed E-state index contributed by atoms with van der Waals surface area (Å²) in [4.78, 5) is 23.7. The molecule has 0 aliphatic heterocycles. The molecule has 0 saturated carbocycles. The fraction of sp³-hybridized carbons (Fsp3) is 0.0952. The molecule has 1 heterocycles. The Kier molecular flexibility index (Phi) is 6.59. The van der Waals surface area contributed by atoms with Crippen molar-refractivity contribution >= 4 is 40.7 Å². The zero-order valence-electron chi connectivity index (χ0n) is 15.0. The maximum absolute atomic E-state index is 12.0. The Morgan fingerprint density at radius 2 is 1.71 bits per heavy atom. The van der Waals surface area contributed by atoms with Gasteiger partial charge >= 0.3 is 5.97 Å². The van der Waals surface area contributed by atoms with Crippen LogP contribution in [0.3, 0.4) is 0 Å². The van der Waals surface area contributed by atoms with Gasteiger partial charge in [0, 0.05) is 14.7 Å². The molecule has 2 aromatic carbocycles. The van der Waals surface area contributed by atoms with Crippen molar-refractivity contribution < 1.29 is 18.7 Å². The van der Waals surface area contributed by atoms with Crippen LogP contribution in [0.5, 0.6) is 0 Å². The number of halogens is 1. The Labute approximate surface area is 175 Å². The van der Waals surface area contributed by atoms with E-state index in [9.17, 15) is 9.59 Å². The van der Waals surface area contributed by atoms with Gasteiger partial charge in [0.1, 0.15) is 11.5 Å². The molecule has 0 fully saturated rings. The van der Waals surface area contributed by atoms with Crippen LogP contribution >= 0.6 is 22.6 Å². The fourth-order valence-electron chi connectivity index (χ4n) is 2.38. The van der Waals surface area contributed by atoms with Crippen molar-refractivity contribution in [1.82, 2.24) is 5.43 Å². The van der Waals surface area contributed by atoms with E-state index in [0.29, 0.717) is 29.3 Å². The van der Waals surface area contributed by atoms with Crippen molar-refractivity contribution in [2.45, 2.75) is 6.92 Å². The second kappa shape index (κ2) is 9.32. The summed E-state index contributed by atoms with van der Waals surface area (Å²) in [7, 11) is 0. The highest BCUT2D eigenvalue weighted by Gasteiger charge is 2.08. The number of carbonyl (C=O) groups excluding carboxylic acids is 2. The number of rotatable bonds is 6. The standard InChI is InChI=1S/C21H17IN2O4/c1-2-27-21(26)16-5-3-14(4-6-16)19-12-11-18(28-19)13-23-24-20(25)15-7-9-17(22)10-8-15/h3-13H,2H2,1H3,(H,24,25)/b23-13+. The van der Waals surface area contributed by atoms with Gasteiger partial charge < -0.3 is 9.15 Å². The van der Waals surface area contributed by atoms with E-state index in [1.165, 1.54) is 6.21 Å². The number of benzene rings is 2. The number of amides is 1. The Bertz CT molecular complexity index is 992. The molecule has 0 bridgehead atoms. The van der Waals surface area contributed by atoms with Crippen LogP contribution < -0.4 is 5.43 Å². The van der Waals surface area contributed by atoms with Gasteiger partial charge in [-0.05, 0) is 78.0 Å². The van der Waals surface area contributed by atoms with Gasteiger partial charge in [-0.3, -0.25) is 4.79 Å². The predicted octanol–water partition coefficient (Wildman–Crippen LogP) is 4.49. The maximum atomic E-state index is 12.0. The number of furan rings is 1. The molecule has 0 aliphatic carbocycles. The van der Waals surface area contributed by atoms with E-state index in [0.717, 1.165) is 9.13 Å². The third-order valence-electron chi connectivity index (χ3n) is 3.77. The van der Waals surface area contributed by atoms with Crippen LogP contribution in [0.2, 0.25) is 0 Å². The molecule has 1 N–H and O–H groups in total. The first-order chi connectivity index (χ1) is 13.6. The molecule has 1 amide bonds. The number of hydrogen-bond acceptors (Lipinski definition) is 5. The number of carbonyl (C=O) groups is 2. The lowest BCUT2D eigenvalue weighted by Gasteiger charge is -2.02. The minimum absolute atomic E-state index is 0.297.